The number of benzene rings is 1. The van der Waals surface area contributed by atoms with Gasteiger partial charge in [0.2, 0.25) is 0 Å². The summed E-state index contributed by atoms with van der Waals surface area (Å²) in [6.07, 6.45) is 6.29. The number of allylic oxidation sites excluding steroid dienone is 4. The first-order valence-electron chi connectivity index (χ1n) is 10.5. The van der Waals surface area contributed by atoms with Crippen LogP contribution in [0.2, 0.25) is 0 Å². The minimum Gasteiger partial charge on any atom is -0.423 e. The Balaban J connectivity index is 3.48. The lowest BCUT2D eigenvalue weighted by atomic mass is 9.86. The molecule has 164 valence electrons. The molecule has 0 fully saturated rings. The summed E-state index contributed by atoms with van der Waals surface area (Å²) < 4.78 is 5.64. The van der Waals surface area contributed by atoms with Crippen molar-refractivity contribution < 1.29 is 14.6 Å². The number of esters is 1. The highest BCUT2D eigenvalue weighted by Gasteiger charge is 2.23. The smallest absolute Gasteiger partial charge is 0.338 e. The van der Waals surface area contributed by atoms with E-state index in [9.17, 15) is 9.90 Å². The molecule has 1 unspecified atom stereocenters. The van der Waals surface area contributed by atoms with Crippen LogP contribution in [-0.4, -0.2) is 34.6 Å². The van der Waals surface area contributed by atoms with Gasteiger partial charge >= 0.3 is 5.97 Å². The number of hydrogen-bond donors (Lipinski definition) is 1. The molecule has 1 atom stereocenters. The number of nitrogens with zero attached hydrogens (tertiary/aromatic N) is 1. The molecule has 0 radical (unpaired) electrons. The maximum absolute atomic E-state index is 12.2. The van der Waals surface area contributed by atoms with Gasteiger partial charge in [-0.15, -0.1) is 0 Å². The van der Waals surface area contributed by atoms with Crippen LogP contribution in [0.15, 0.2) is 67.3 Å². The molecule has 0 bridgehead atoms. The summed E-state index contributed by atoms with van der Waals surface area (Å²) in [5, 5.41) is 9.69. The first-order valence-corrected chi connectivity index (χ1v) is 10.5. The summed E-state index contributed by atoms with van der Waals surface area (Å²) in [5.41, 5.74) is 2.92. The van der Waals surface area contributed by atoms with Gasteiger partial charge in [0.25, 0.3) is 0 Å². The molecule has 0 aliphatic rings. The number of aliphatic hydroxyl groups is 1. The molecule has 0 aliphatic carbocycles. The zero-order valence-electron chi connectivity index (χ0n) is 19.1. The van der Waals surface area contributed by atoms with Gasteiger partial charge in [-0.05, 0) is 70.9 Å². The van der Waals surface area contributed by atoms with E-state index in [2.05, 4.69) is 52.3 Å². The molecule has 0 saturated heterocycles. The van der Waals surface area contributed by atoms with Crippen molar-refractivity contribution in [2.75, 3.05) is 6.54 Å². The molecule has 30 heavy (non-hydrogen) atoms. The summed E-state index contributed by atoms with van der Waals surface area (Å²) in [4.78, 5) is 14.6. The number of rotatable bonds is 12. The first-order chi connectivity index (χ1) is 14.2. The van der Waals surface area contributed by atoms with E-state index in [1.165, 1.54) is 0 Å². The second-order valence-electron chi connectivity index (χ2n) is 8.07. The Hall–Kier alpha value is -2.43. The van der Waals surface area contributed by atoms with E-state index < -0.39 is 5.97 Å². The minimum atomic E-state index is -0.467. The van der Waals surface area contributed by atoms with Crippen LogP contribution < -0.4 is 4.74 Å². The number of carbonyl (C=O) groups excluding carboxylic acids is 1. The van der Waals surface area contributed by atoms with Crippen molar-refractivity contribution in [3.8, 4) is 5.75 Å². The quantitative estimate of drug-likeness (QED) is 0.212. The molecule has 1 rings (SSSR count). The van der Waals surface area contributed by atoms with Crippen molar-refractivity contribution in [3.63, 3.8) is 0 Å². The maximum Gasteiger partial charge on any atom is 0.338 e. The SMILES string of the molecule is C=CC=C(C=C)C(CCN(C(C)C)C(C)C)c1cc(CO)ccc1OC(=O)C(=C)C. The second kappa shape index (κ2) is 12.3. The van der Waals surface area contributed by atoms with Crippen LogP contribution in [0, 0.1) is 0 Å². The van der Waals surface area contributed by atoms with Gasteiger partial charge in [-0.3, -0.25) is 4.90 Å². The highest BCUT2D eigenvalue weighted by molar-refractivity contribution is 5.89. The van der Waals surface area contributed by atoms with Crippen LogP contribution in [0.3, 0.4) is 0 Å². The molecule has 4 nitrogen and oxygen atoms in total. The fraction of sp³-hybridized carbons (Fsp3) is 0.423. The lowest BCUT2D eigenvalue weighted by Gasteiger charge is -2.32. The molecule has 0 aliphatic heterocycles. The van der Waals surface area contributed by atoms with E-state index in [1.807, 2.05) is 18.2 Å². The van der Waals surface area contributed by atoms with E-state index in [0.29, 0.717) is 23.4 Å². The van der Waals surface area contributed by atoms with Gasteiger partial charge in [-0.25, -0.2) is 4.79 Å². The van der Waals surface area contributed by atoms with Gasteiger partial charge < -0.3 is 9.84 Å². The molecule has 0 heterocycles. The molecule has 4 heteroatoms. The standard InChI is InChI=1S/C26H37NO3/c1-9-11-22(10-2)23(14-15-27(19(5)6)20(7)8)24-16-21(17-28)12-13-25(24)30-26(29)18(3)4/h9-13,16,19-20,23,28H,1-3,14-15,17H2,4-8H3. The van der Waals surface area contributed by atoms with Gasteiger partial charge in [-0.2, -0.15) is 0 Å². The average Bonchev–Trinajstić information content (AvgIpc) is 2.69. The van der Waals surface area contributed by atoms with E-state index in [1.54, 1.807) is 25.1 Å². The monoisotopic (exact) mass is 411 g/mol. The third kappa shape index (κ3) is 7.12. The fourth-order valence-electron chi connectivity index (χ4n) is 3.60. The van der Waals surface area contributed by atoms with Crippen LogP contribution in [0.5, 0.6) is 5.75 Å². The summed E-state index contributed by atoms with van der Waals surface area (Å²) in [6, 6.07) is 6.23. The molecule has 1 N–H and O–H groups in total. The first kappa shape index (κ1) is 25.6. The number of aliphatic hydroxyl groups excluding tert-OH is 1. The van der Waals surface area contributed by atoms with Crippen LogP contribution in [0.1, 0.15) is 58.1 Å². The predicted molar refractivity (Wildman–Crippen MR) is 126 cm³/mol. The van der Waals surface area contributed by atoms with Gasteiger partial charge in [0.1, 0.15) is 5.75 Å². The van der Waals surface area contributed by atoms with Crippen LogP contribution in [0.4, 0.5) is 0 Å². The van der Waals surface area contributed by atoms with Gasteiger partial charge in [0.15, 0.2) is 0 Å². The second-order valence-corrected chi connectivity index (χ2v) is 8.07. The summed E-state index contributed by atoms with van der Waals surface area (Å²) >= 11 is 0. The minimum absolute atomic E-state index is 0.0695. The third-order valence-corrected chi connectivity index (χ3v) is 5.13. The normalized spacial score (nSPS) is 12.9. The average molecular weight is 412 g/mol. The lowest BCUT2D eigenvalue weighted by Crippen LogP contribution is -2.38. The van der Waals surface area contributed by atoms with E-state index in [4.69, 9.17) is 4.74 Å². The molecular weight excluding hydrogens is 374 g/mol. The molecule has 0 spiro atoms. The largest absolute Gasteiger partial charge is 0.423 e. The van der Waals surface area contributed by atoms with Gasteiger partial charge in [-0.1, -0.05) is 44.0 Å². The van der Waals surface area contributed by atoms with Crippen molar-refractivity contribution in [1.29, 1.82) is 0 Å². The highest BCUT2D eigenvalue weighted by Crippen LogP contribution is 2.37. The van der Waals surface area contributed by atoms with Crippen LogP contribution in [-0.2, 0) is 11.4 Å². The van der Waals surface area contributed by atoms with Crippen molar-refractivity contribution in [3.05, 3.63) is 78.4 Å². The van der Waals surface area contributed by atoms with Crippen molar-refractivity contribution in [2.24, 2.45) is 0 Å². The van der Waals surface area contributed by atoms with Crippen molar-refractivity contribution in [1.82, 2.24) is 4.90 Å². The zero-order chi connectivity index (χ0) is 22.8. The van der Waals surface area contributed by atoms with E-state index in [-0.39, 0.29) is 12.5 Å². The third-order valence-electron chi connectivity index (χ3n) is 5.13. The molecule has 1 aromatic rings. The predicted octanol–water partition coefficient (Wildman–Crippen LogP) is 5.55. The zero-order valence-corrected chi connectivity index (χ0v) is 19.1. The molecule has 0 amide bonds. The van der Waals surface area contributed by atoms with Gasteiger partial charge in [0, 0.05) is 29.1 Å². The maximum atomic E-state index is 12.2. The Morgan fingerprint density at radius 2 is 1.83 bits per heavy atom. The summed E-state index contributed by atoms with van der Waals surface area (Å²) in [6.45, 7) is 22.6. The molecular formula is C26H37NO3. The van der Waals surface area contributed by atoms with E-state index in [0.717, 1.165) is 29.7 Å². The molecule has 1 aromatic carbocycles. The Labute approximate surface area is 182 Å². The Morgan fingerprint density at radius 3 is 2.30 bits per heavy atom. The topological polar surface area (TPSA) is 49.8 Å². The Morgan fingerprint density at radius 1 is 1.20 bits per heavy atom. The fourth-order valence-corrected chi connectivity index (χ4v) is 3.60. The van der Waals surface area contributed by atoms with Crippen LogP contribution >= 0.6 is 0 Å². The number of ether oxygens (including phenoxy) is 1. The Kier molecular flexibility index (Phi) is 10.5. The van der Waals surface area contributed by atoms with Gasteiger partial charge in [0.05, 0.1) is 6.61 Å². The lowest BCUT2D eigenvalue weighted by molar-refractivity contribution is -0.130. The highest BCUT2D eigenvalue weighted by atomic mass is 16.5. The molecule has 0 aromatic heterocycles. The molecule has 0 saturated carbocycles. The summed E-state index contributed by atoms with van der Waals surface area (Å²) in [7, 11) is 0. The summed E-state index contributed by atoms with van der Waals surface area (Å²) in [5.74, 6) is -0.0619. The number of hydrogen-bond acceptors (Lipinski definition) is 4. The van der Waals surface area contributed by atoms with Crippen molar-refractivity contribution >= 4 is 5.97 Å². The van der Waals surface area contributed by atoms with Crippen LogP contribution in [0.25, 0.3) is 0 Å². The van der Waals surface area contributed by atoms with Crippen molar-refractivity contribution in [2.45, 2.75) is 65.6 Å². The van der Waals surface area contributed by atoms with E-state index >= 15 is 0 Å². The number of carbonyl (C=O) groups is 1. The Bertz CT molecular complexity index is 781.